The Kier molecular flexibility index (Phi) is 3.88. The van der Waals surface area contributed by atoms with Crippen LogP contribution in [0.25, 0.3) is 10.8 Å². The first-order chi connectivity index (χ1) is 7.65. The second-order valence-electron chi connectivity index (χ2n) is 3.19. The van der Waals surface area contributed by atoms with Gasteiger partial charge in [-0.15, -0.1) is 0 Å². The van der Waals surface area contributed by atoms with Crippen molar-refractivity contribution >= 4 is 20.9 Å². The summed E-state index contributed by atoms with van der Waals surface area (Å²) in [5.41, 5.74) is 0. The fraction of sp³-hybridized carbons (Fsp3) is 0. The molecule has 2 rings (SSSR count). The Morgan fingerprint density at radius 1 is 1.06 bits per heavy atom. The topological polar surface area (TPSA) is 78.4 Å². The first-order valence-electron chi connectivity index (χ1n) is 4.67. The molecule has 0 atom stereocenters. The molecule has 0 aliphatic heterocycles. The smallest absolute Gasteiger partial charge is 0.339 e. The molecule has 0 saturated heterocycles. The zero-order valence-electron chi connectivity index (χ0n) is 9.17. The maximum Gasteiger partial charge on any atom is 0.339 e. The Hall–Kier alpha value is -1.85. The van der Waals surface area contributed by atoms with Crippen LogP contribution in [0.15, 0.2) is 60.2 Å². The standard InChI is InChI=1S/C12H10O3S.H3N/c1-2-15-16(13,14)12-9-5-7-10-6-3-4-8-11(10)12;/h2-9H,1H2;1H3. The molecule has 0 aliphatic carbocycles. The molecule has 0 aliphatic rings. The summed E-state index contributed by atoms with van der Waals surface area (Å²) in [4.78, 5) is 0.158. The molecule has 5 heteroatoms. The van der Waals surface area contributed by atoms with Gasteiger partial charge in [-0.25, -0.2) is 0 Å². The van der Waals surface area contributed by atoms with Crippen LogP contribution in [-0.2, 0) is 14.3 Å². The van der Waals surface area contributed by atoms with Crippen LogP contribution in [0.2, 0.25) is 0 Å². The van der Waals surface area contributed by atoms with Gasteiger partial charge in [0, 0.05) is 5.39 Å². The van der Waals surface area contributed by atoms with Crippen molar-refractivity contribution in [3.8, 4) is 0 Å². The van der Waals surface area contributed by atoms with E-state index in [1.807, 2.05) is 18.2 Å². The van der Waals surface area contributed by atoms with Gasteiger partial charge in [0.15, 0.2) is 0 Å². The third-order valence-corrected chi connectivity index (χ3v) is 3.50. The Morgan fingerprint density at radius 2 is 1.71 bits per heavy atom. The summed E-state index contributed by atoms with van der Waals surface area (Å²) in [7, 11) is -3.75. The molecule has 0 amide bonds. The van der Waals surface area contributed by atoms with Gasteiger partial charge in [-0.05, 0) is 11.5 Å². The summed E-state index contributed by atoms with van der Waals surface area (Å²) >= 11 is 0. The SMILES string of the molecule is C=COS(=O)(=O)c1cccc2ccccc12.N. The summed E-state index contributed by atoms with van der Waals surface area (Å²) in [5.74, 6) is 0. The third kappa shape index (κ3) is 2.46. The van der Waals surface area contributed by atoms with Crippen molar-refractivity contribution < 1.29 is 12.6 Å². The molecule has 2 aromatic carbocycles. The van der Waals surface area contributed by atoms with E-state index in [1.165, 1.54) is 6.07 Å². The van der Waals surface area contributed by atoms with E-state index in [9.17, 15) is 8.42 Å². The average Bonchev–Trinajstić information content (AvgIpc) is 2.28. The summed E-state index contributed by atoms with van der Waals surface area (Å²) in [6.07, 6.45) is 0.914. The Morgan fingerprint density at radius 3 is 2.41 bits per heavy atom. The van der Waals surface area contributed by atoms with Crippen molar-refractivity contribution in [1.82, 2.24) is 6.15 Å². The van der Waals surface area contributed by atoms with Crippen molar-refractivity contribution in [2.45, 2.75) is 4.90 Å². The van der Waals surface area contributed by atoms with Crippen molar-refractivity contribution in [3.63, 3.8) is 0 Å². The minimum Gasteiger partial charge on any atom is -0.388 e. The minimum absolute atomic E-state index is 0. The molecular formula is C12H13NO3S. The highest BCUT2D eigenvalue weighted by Gasteiger charge is 2.16. The third-order valence-electron chi connectivity index (χ3n) is 2.21. The monoisotopic (exact) mass is 251 g/mol. The lowest BCUT2D eigenvalue weighted by molar-refractivity contribution is 0.445. The molecular weight excluding hydrogens is 238 g/mol. The van der Waals surface area contributed by atoms with Crippen LogP contribution in [0, 0.1) is 0 Å². The molecule has 90 valence electrons. The van der Waals surface area contributed by atoms with Crippen LogP contribution in [-0.4, -0.2) is 8.42 Å². The van der Waals surface area contributed by atoms with Gasteiger partial charge < -0.3 is 10.3 Å². The number of benzene rings is 2. The lowest BCUT2D eigenvalue weighted by Crippen LogP contribution is -2.02. The van der Waals surface area contributed by atoms with Gasteiger partial charge in [0.25, 0.3) is 0 Å². The van der Waals surface area contributed by atoms with Crippen LogP contribution in [0.3, 0.4) is 0 Å². The maximum absolute atomic E-state index is 11.8. The number of hydrogen-bond acceptors (Lipinski definition) is 4. The number of rotatable bonds is 3. The summed E-state index contributed by atoms with van der Waals surface area (Å²) < 4.78 is 28.1. The van der Waals surface area contributed by atoms with E-state index < -0.39 is 10.1 Å². The van der Waals surface area contributed by atoms with Crippen molar-refractivity contribution in [1.29, 1.82) is 0 Å². The van der Waals surface area contributed by atoms with E-state index in [-0.39, 0.29) is 11.0 Å². The lowest BCUT2D eigenvalue weighted by atomic mass is 10.1. The highest BCUT2D eigenvalue weighted by atomic mass is 32.2. The normalized spacial score (nSPS) is 10.6. The van der Waals surface area contributed by atoms with Crippen LogP contribution >= 0.6 is 0 Å². The minimum atomic E-state index is -3.75. The predicted octanol–water partition coefficient (Wildman–Crippen LogP) is 2.85. The van der Waals surface area contributed by atoms with E-state index in [1.54, 1.807) is 18.2 Å². The number of hydrogen-bond donors (Lipinski definition) is 1. The van der Waals surface area contributed by atoms with Gasteiger partial charge >= 0.3 is 10.1 Å². The maximum atomic E-state index is 11.8. The molecule has 0 spiro atoms. The van der Waals surface area contributed by atoms with Crippen LogP contribution in [0.4, 0.5) is 0 Å². The van der Waals surface area contributed by atoms with Gasteiger partial charge in [0.1, 0.15) is 4.90 Å². The molecule has 0 fully saturated rings. The highest BCUT2D eigenvalue weighted by Crippen LogP contribution is 2.24. The van der Waals surface area contributed by atoms with E-state index in [0.717, 1.165) is 11.6 Å². The predicted molar refractivity (Wildman–Crippen MR) is 67.4 cm³/mol. The van der Waals surface area contributed by atoms with Crippen LogP contribution < -0.4 is 6.15 Å². The summed E-state index contributed by atoms with van der Waals surface area (Å²) in [6.45, 7) is 3.25. The van der Waals surface area contributed by atoms with Gasteiger partial charge in [-0.3, -0.25) is 0 Å². The molecule has 0 aromatic heterocycles. The zero-order chi connectivity index (χ0) is 11.6. The fourth-order valence-electron chi connectivity index (χ4n) is 1.56. The average molecular weight is 251 g/mol. The molecule has 0 saturated carbocycles. The second kappa shape index (κ2) is 4.99. The first kappa shape index (κ1) is 13.2. The molecule has 0 radical (unpaired) electrons. The summed E-state index contributed by atoms with van der Waals surface area (Å²) in [6, 6.07) is 12.3. The highest BCUT2D eigenvalue weighted by molar-refractivity contribution is 7.87. The quantitative estimate of drug-likeness (QED) is 0.672. The summed E-state index contributed by atoms with van der Waals surface area (Å²) in [5, 5.41) is 1.50. The van der Waals surface area contributed by atoms with E-state index in [2.05, 4.69) is 10.8 Å². The van der Waals surface area contributed by atoms with Crippen molar-refractivity contribution in [2.24, 2.45) is 0 Å². The van der Waals surface area contributed by atoms with E-state index >= 15 is 0 Å². The molecule has 4 nitrogen and oxygen atoms in total. The molecule has 2 aromatic rings. The second-order valence-corrected chi connectivity index (χ2v) is 4.73. The van der Waals surface area contributed by atoms with E-state index in [4.69, 9.17) is 0 Å². The van der Waals surface area contributed by atoms with Crippen LogP contribution in [0.1, 0.15) is 0 Å². The van der Waals surface area contributed by atoms with Gasteiger partial charge in [-0.2, -0.15) is 8.42 Å². The largest absolute Gasteiger partial charge is 0.388 e. The molecule has 0 heterocycles. The zero-order valence-corrected chi connectivity index (χ0v) is 9.98. The molecule has 0 unspecified atom stereocenters. The van der Waals surface area contributed by atoms with Crippen LogP contribution in [0.5, 0.6) is 0 Å². The van der Waals surface area contributed by atoms with Crippen molar-refractivity contribution in [3.05, 3.63) is 55.3 Å². The molecule has 3 N–H and O–H groups in total. The van der Waals surface area contributed by atoms with Crippen molar-refractivity contribution in [2.75, 3.05) is 0 Å². The van der Waals surface area contributed by atoms with Gasteiger partial charge in [-0.1, -0.05) is 43.0 Å². The lowest BCUT2D eigenvalue weighted by Gasteiger charge is -2.06. The fourth-order valence-corrected chi connectivity index (χ4v) is 2.54. The molecule has 0 bridgehead atoms. The first-order valence-corrected chi connectivity index (χ1v) is 6.08. The Labute approximate surface area is 100 Å². The van der Waals surface area contributed by atoms with E-state index in [0.29, 0.717) is 5.39 Å². The molecule has 17 heavy (non-hydrogen) atoms. The van der Waals surface area contributed by atoms with Gasteiger partial charge in [0.2, 0.25) is 0 Å². The Balaban J connectivity index is 0.00000144. The van der Waals surface area contributed by atoms with Gasteiger partial charge in [0.05, 0.1) is 6.26 Å². The number of fused-ring (bicyclic) bond motifs is 1. The Bertz CT molecular complexity index is 630.